The van der Waals surface area contributed by atoms with Crippen molar-refractivity contribution in [1.29, 1.82) is 0 Å². The lowest BCUT2D eigenvalue weighted by atomic mass is 9.98. The van der Waals surface area contributed by atoms with Crippen molar-refractivity contribution in [1.82, 2.24) is 0 Å². The molecule has 0 heterocycles. The summed E-state index contributed by atoms with van der Waals surface area (Å²) in [6.45, 7) is 2.18. The zero-order valence-electron chi connectivity index (χ0n) is 16.5. The van der Waals surface area contributed by atoms with Crippen molar-refractivity contribution in [2.45, 2.75) is 13.2 Å². The van der Waals surface area contributed by atoms with E-state index in [1.54, 1.807) is 12.1 Å². The number of fused-ring (bicyclic) bond motifs is 3. The molecule has 0 saturated heterocycles. The number of hydrogen-bond donors (Lipinski definition) is 2. The molecule has 150 valence electrons. The highest BCUT2D eigenvalue weighted by molar-refractivity contribution is 6.10. The van der Waals surface area contributed by atoms with Crippen LogP contribution in [-0.4, -0.2) is 29.7 Å². The number of nitrogens with one attached hydrogen (secondary N) is 1. The Bertz CT molecular complexity index is 1230. The molecule has 0 radical (unpaired) electrons. The van der Waals surface area contributed by atoms with E-state index in [2.05, 4.69) is 17.4 Å². The van der Waals surface area contributed by atoms with Crippen LogP contribution < -0.4 is 5.32 Å². The van der Waals surface area contributed by atoms with Gasteiger partial charge in [-0.1, -0.05) is 48.5 Å². The summed E-state index contributed by atoms with van der Waals surface area (Å²) in [5.41, 5.74) is 1.34. The fraction of sp³-hybridized carbons (Fsp3) is 0.120. The number of ketones is 1. The maximum atomic E-state index is 13.1. The maximum Gasteiger partial charge on any atom is 0.335 e. The molecule has 30 heavy (non-hydrogen) atoms. The van der Waals surface area contributed by atoms with Gasteiger partial charge in [0.25, 0.3) is 0 Å². The van der Waals surface area contributed by atoms with Gasteiger partial charge in [-0.05, 0) is 58.8 Å². The molecule has 0 bridgehead atoms. The van der Waals surface area contributed by atoms with Crippen LogP contribution in [0.5, 0.6) is 0 Å². The van der Waals surface area contributed by atoms with Crippen LogP contribution in [0.3, 0.4) is 0 Å². The summed E-state index contributed by atoms with van der Waals surface area (Å²) in [4.78, 5) is 24.2. The second kappa shape index (κ2) is 8.35. The summed E-state index contributed by atoms with van der Waals surface area (Å²) in [5, 5.41) is 16.5. The number of benzene rings is 4. The summed E-state index contributed by atoms with van der Waals surface area (Å²) >= 11 is 0. The minimum atomic E-state index is -0.998. The highest BCUT2D eigenvalue weighted by Gasteiger charge is 2.21. The molecule has 1 atom stereocenters. The third kappa shape index (κ3) is 3.88. The van der Waals surface area contributed by atoms with Crippen LogP contribution in [0.4, 0.5) is 5.69 Å². The van der Waals surface area contributed by atoms with E-state index in [4.69, 9.17) is 9.84 Å². The van der Waals surface area contributed by atoms with Gasteiger partial charge in [0.05, 0.1) is 5.56 Å². The van der Waals surface area contributed by atoms with Crippen molar-refractivity contribution in [3.63, 3.8) is 0 Å². The Balaban J connectivity index is 1.63. The number of rotatable bonds is 7. The molecule has 4 rings (SSSR count). The minimum Gasteiger partial charge on any atom is -0.478 e. The molecule has 4 aromatic carbocycles. The Hall–Kier alpha value is -3.70. The van der Waals surface area contributed by atoms with E-state index in [-0.39, 0.29) is 11.3 Å². The highest BCUT2D eigenvalue weighted by Crippen LogP contribution is 2.26. The van der Waals surface area contributed by atoms with Gasteiger partial charge in [0.2, 0.25) is 5.78 Å². The van der Waals surface area contributed by atoms with Crippen LogP contribution in [-0.2, 0) is 4.74 Å². The second-order valence-corrected chi connectivity index (χ2v) is 6.95. The molecule has 5 nitrogen and oxygen atoms in total. The van der Waals surface area contributed by atoms with Gasteiger partial charge in [0, 0.05) is 17.9 Å². The van der Waals surface area contributed by atoms with Crippen molar-refractivity contribution in [3.05, 3.63) is 90.0 Å². The molecule has 0 spiro atoms. The lowest BCUT2D eigenvalue weighted by molar-refractivity contribution is 0.0549. The Labute approximate surface area is 173 Å². The number of carboxylic acid groups (broad SMARTS) is 1. The highest BCUT2D eigenvalue weighted by atomic mass is 16.5. The van der Waals surface area contributed by atoms with Crippen LogP contribution in [0.1, 0.15) is 27.6 Å². The topological polar surface area (TPSA) is 75.6 Å². The van der Waals surface area contributed by atoms with Gasteiger partial charge in [0.1, 0.15) is 0 Å². The quantitative estimate of drug-likeness (QED) is 0.249. The molecule has 2 N–H and O–H groups in total. The van der Waals surface area contributed by atoms with Gasteiger partial charge in [-0.25, -0.2) is 4.79 Å². The number of carbonyl (C=O) groups excluding carboxylic acids is 1. The number of carbonyl (C=O) groups is 2. The fourth-order valence-corrected chi connectivity index (χ4v) is 3.53. The first-order valence-corrected chi connectivity index (χ1v) is 9.74. The van der Waals surface area contributed by atoms with E-state index < -0.39 is 12.2 Å². The smallest absolute Gasteiger partial charge is 0.335 e. The average molecular weight is 399 g/mol. The molecule has 0 fully saturated rings. The van der Waals surface area contributed by atoms with Crippen LogP contribution in [0.25, 0.3) is 21.5 Å². The monoisotopic (exact) mass is 399 g/mol. The van der Waals surface area contributed by atoms with Crippen molar-refractivity contribution in [3.8, 4) is 0 Å². The summed E-state index contributed by atoms with van der Waals surface area (Å²) in [7, 11) is 0. The van der Waals surface area contributed by atoms with E-state index >= 15 is 0 Å². The Morgan fingerprint density at radius 3 is 2.27 bits per heavy atom. The molecule has 0 amide bonds. The third-order valence-electron chi connectivity index (χ3n) is 5.03. The van der Waals surface area contributed by atoms with Gasteiger partial charge < -0.3 is 15.2 Å². The second-order valence-electron chi connectivity index (χ2n) is 6.95. The lowest BCUT2D eigenvalue weighted by Crippen LogP contribution is -2.32. The van der Waals surface area contributed by atoms with Crippen LogP contribution in [0, 0.1) is 0 Å². The Kier molecular flexibility index (Phi) is 5.46. The zero-order chi connectivity index (χ0) is 21.1. The molecule has 0 aliphatic carbocycles. The number of Topliss-reactive ketones (excluding diaryl/α,β-unsaturated/α-hetero) is 1. The molecule has 0 aliphatic heterocycles. The lowest BCUT2D eigenvalue weighted by Gasteiger charge is -2.19. The van der Waals surface area contributed by atoms with E-state index in [9.17, 15) is 9.59 Å². The summed E-state index contributed by atoms with van der Waals surface area (Å²) in [5.74, 6) is -1.18. The molecule has 4 aromatic rings. The summed E-state index contributed by atoms with van der Waals surface area (Å²) in [6, 6.07) is 24.1. The first-order chi connectivity index (χ1) is 14.6. The van der Waals surface area contributed by atoms with E-state index in [1.807, 2.05) is 49.4 Å². The van der Waals surface area contributed by atoms with Crippen LogP contribution in [0.15, 0.2) is 78.9 Å². The van der Waals surface area contributed by atoms with Crippen molar-refractivity contribution in [2.24, 2.45) is 0 Å². The predicted molar refractivity (Wildman–Crippen MR) is 118 cm³/mol. The first kappa shape index (κ1) is 19.6. The van der Waals surface area contributed by atoms with Gasteiger partial charge in [-0.15, -0.1) is 0 Å². The van der Waals surface area contributed by atoms with Crippen LogP contribution >= 0.6 is 0 Å². The van der Waals surface area contributed by atoms with E-state index in [0.717, 1.165) is 21.5 Å². The largest absolute Gasteiger partial charge is 0.478 e. The molecule has 1 unspecified atom stereocenters. The average Bonchev–Trinajstić information content (AvgIpc) is 2.78. The SMILES string of the molecule is CCOC(Nc1ccc(C(=O)O)cc1)C(=O)c1ccc2c(ccc3ccccc32)c1. The predicted octanol–water partition coefficient (Wildman–Crippen LogP) is 5.35. The van der Waals surface area contributed by atoms with E-state index in [1.165, 1.54) is 12.1 Å². The number of anilines is 1. The Morgan fingerprint density at radius 1 is 0.867 bits per heavy atom. The summed E-state index contributed by atoms with van der Waals surface area (Å²) < 4.78 is 5.65. The normalized spacial score (nSPS) is 12.0. The molecule has 5 heteroatoms. The number of aromatic carboxylic acids is 1. The van der Waals surface area contributed by atoms with Crippen molar-refractivity contribution < 1.29 is 19.4 Å². The maximum absolute atomic E-state index is 13.1. The molecule has 0 saturated carbocycles. The molecule has 0 aliphatic rings. The number of ether oxygens (including phenoxy) is 1. The molecular formula is C25H21NO4. The van der Waals surface area contributed by atoms with Gasteiger partial charge in [-0.3, -0.25) is 4.79 Å². The summed E-state index contributed by atoms with van der Waals surface area (Å²) in [6.07, 6.45) is -0.872. The number of hydrogen-bond acceptors (Lipinski definition) is 4. The Morgan fingerprint density at radius 2 is 1.53 bits per heavy atom. The third-order valence-corrected chi connectivity index (χ3v) is 5.03. The molecule has 0 aromatic heterocycles. The van der Waals surface area contributed by atoms with Crippen molar-refractivity contribution >= 4 is 39.0 Å². The zero-order valence-corrected chi connectivity index (χ0v) is 16.5. The number of carboxylic acids is 1. The van der Waals surface area contributed by atoms with Crippen LogP contribution in [0.2, 0.25) is 0 Å². The van der Waals surface area contributed by atoms with E-state index in [0.29, 0.717) is 17.9 Å². The fourth-order valence-electron chi connectivity index (χ4n) is 3.53. The molecular weight excluding hydrogens is 378 g/mol. The minimum absolute atomic E-state index is 0.182. The first-order valence-electron chi connectivity index (χ1n) is 9.74. The van der Waals surface area contributed by atoms with Gasteiger partial charge in [-0.2, -0.15) is 0 Å². The van der Waals surface area contributed by atoms with Gasteiger partial charge in [0.15, 0.2) is 6.23 Å². The van der Waals surface area contributed by atoms with Gasteiger partial charge >= 0.3 is 5.97 Å². The van der Waals surface area contributed by atoms with Crippen molar-refractivity contribution in [2.75, 3.05) is 11.9 Å². The standard InChI is InChI=1S/C25H21NO4/c1-2-30-24(26-20-12-9-17(10-13-20)25(28)29)23(27)19-11-14-22-18(15-19)8-7-16-5-3-4-6-21(16)22/h3-15,24,26H,2H2,1H3,(H,28,29).